The lowest BCUT2D eigenvalue weighted by Gasteiger charge is -2.07. The summed E-state index contributed by atoms with van der Waals surface area (Å²) in [4.78, 5) is 24.4. The van der Waals surface area contributed by atoms with Crippen molar-refractivity contribution in [2.75, 3.05) is 7.11 Å². The average molecular weight is 264 g/mol. The summed E-state index contributed by atoms with van der Waals surface area (Å²) >= 11 is 1.21. The van der Waals surface area contributed by atoms with Gasteiger partial charge in [-0.15, -0.1) is 11.3 Å². The van der Waals surface area contributed by atoms with Crippen molar-refractivity contribution in [2.45, 2.75) is 13.0 Å². The maximum atomic E-state index is 11.4. The molecule has 2 aromatic rings. The number of ether oxygens (including phenoxy) is 1. The first-order valence-corrected chi connectivity index (χ1v) is 6.06. The van der Waals surface area contributed by atoms with Crippen LogP contribution in [0.1, 0.15) is 28.3 Å². The number of esters is 1. The molecule has 1 atom stereocenters. The molecule has 0 aliphatic carbocycles. The van der Waals surface area contributed by atoms with Gasteiger partial charge in [-0.05, 0) is 6.92 Å². The van der Waals surface area contributed by atoms with Gasteiger partial charge in [0.05, 0.1) is 19.0 Å². The fourth-order valence-electron chi connectivity index (χ4n) is 1.43. The van der Waals surface area contributed by atoms with Gasteiger partial charge in [0.15, 0.2) is 0 Å². The molecule has 0 aromatic carbocycles. The van der Waals surface area contributed by atoms with E-state index >= 15 is 0 Å². The first-order valence-electron chi connectivity index (χ1n) is 5.24. The highest BCUT2D eigenvalue weighted by atomic mass is 32.1. The molecule has 6 nitrogen and oxygen atoms in total. The molecule has 94 valence electrons. The number of nitrogens with two attached hydrogens (primary N) is 1. The summed E-state index contributed by atoms with van der Waals surface area (Å²) in [6.07, 6.45) is 4.61. The van der Waals surface area contributed by atoms with Gasteiger partial charge in [-0.1, -0.05) is 0 Å². The summed E-state index contributed by atoms with van der Waals surface area (Å²) in [7, 11) is 1.33. The van der Waals surface area contributed by atoms with E-state index in [2.05, 4.69) is 19.7 Å². The standard InChI is InChI=1S/C11H12N4O2S/c1-6(12)8-9(14-4-3-13-8)10-15-5-7(18-10)11(16)17-2/h3-6H,12H2,1-2H3/t6-/m1/s1. The number of aromatic nitrogens is 3. The van der Waals surface area contributed by atoms with Gasteiger partial charge < -0.3 is 10.5 Å². The lowest BCUT2D eigenvalue weighted by Crippen LogP contribution is -2.09. The van der Waals surface area contributed by atoms with Gasteiger partial charge in [0.1, 0.15) is 15.6 Å². The van der Waals surface area contributed by atoms with Crippen LogP contribution in [0, 0.1) is 0 Å². The minimum Gasteiger partial charge on any atom is -0.465 e. The van der Waals surface area contributed by atoms with E-state index in [1.54, 1.807) is 12.4 Å². The zero-order chi connectivity index (χ0) is 13.1. The number of hydrogen-bond donors (Lipinski definition) is 1. The van der Waals surface area contributed by atoms with Crippen LogP contribution in [-0.4, -0.2) is 28.0 Å². The molecule has 0 saturated carbocycles. The van der Waals surface area contributed by atoms with E-state index in [1.165, 1.54) is 24.6 Å². The first kappa shape index (κ1) is 12.6. The van der Waals surface area contributed by atoms with Crippen molar-refractivity contribution in [2.24, 2.45) is 5.73 Å². The fourth-order valence-corrected chi connectivity index (χ4v) is 2.27. The maximum Gasteiger partial charge on any atom is 0.349 e. The van der Waals surface area contributed by atoms with E-state index in [9.17, 15) is 4.79 Å². The quantitative estimate of drug-likeness (QED) is 0.843. The Labute approximate surface area is 108 Å². The third-order valence-corrected chi connectivity index (χ3v) is 3.24. The number of thiazole rings is 1. The largest absolute Gasteiger partial charge is 0.465 e. The molecular formula is C11H12N4O2S. The summed E-state index contributed by atoms with van der Waals surface area (Å²) in [6.45, 7) is 1.82. The van der Waals surface area contributed by atoms with Crippen molar-refractivity contribution in [3.05, 3.63) is 29.2 Å². The summed E-state index contributed by atoms with van der Waals surface area (Å²) in [5, 5.41) is 0.607. The van der Waals surface area contributed by atoms with Gasteiger partial charge in [0.25, 0.3) is 0 Å². The molecule has 2 heterocycles. The zero-order valence-electron chi connectivity index (χ0n) is 9.95. The van der Waals surface area contributed by atoms with Gasteiger partial charge in [-0.2, -0.15) is 0 Å². The predicted molar refractivity (Wildman–Crippen MR) is 67.1 cm³/mol. The number of methoxy groups -OCH3 is 1. The molecule has 0 fully saturated rings. The van der Waals surface area contributed by atoms with Crippen molar-refractivity contribution in [3.8, 4) is 10.7 Å². The van der Waals surface area contributed by atoms with E-state index in [1.807, 2.05) is 6.92 Å². The van der Waals surface area contributed by atoms with Crippen LogP contribution in [0.2, 0.25) is 0 Å². The molecule has 0 aliphatic rings. The van der Waals surface area contributed by atoms with Crippen LogP contribution in [-0.2, 0) is 4.74 Å². The Morgan fingerprint density at radius 2 is 2.11 bits per heavy atom. The zero-order valence-corrected chi connectivity index (χ0v) is 10.8. The SMILES string of the molecule is COC(=O)c1cnc(-c2nccnc2[C@@H](C)N)s1. The molecule has 2 rings (SSSR count). The van der Waals surface area contributed by atoms with Gasteiger partial charge in [0.2, 0.25) is 0 Å². The summed E-state index contributed by atoms with van der Waals surface area (Å²) in [5.74, 6) is -0.412. The van der Waals surface area contributed by atoms with Crippen LogP contribution < -0.4 is 5.73 Å². The van der Waals surface area contributed by atoms with Gasteiger partial charge in [-0.25, -0.2) is 9.78 Å². The number of carbonyl (C=O) groups is 1. The first-order chi connectivity index (χ1) is 8.63. The van der Waals surface area contributed by atoms with Crippen molar-refractivity contribution in [3.63, 3.8) is 0 Å². The van der Waals surface area contributed by atoms with Crippen LogP contribution in [0.5, 0.6) is 0 Å². The van der Waals surface area contributed by atoms with Crippen LogP contribution in [0.15, 0.2) is 18.6 Å². The van der Waals surface area contributed by atoms with Gasteiger partial charge >= 0.3 is 5.97 Å². The second kappa shape index (κ2) is 5.19. The van der Waals surface area contributed by atoms with Crippen molar-refractivity contribution < 1.29 is 9.53 Å². The minimum atomic E-state index is -0.412. The Morgan fingerprint density at radius 1 is 1.39 bits per heavy atom. The fraction of sp³-hybridized carbons (Fsp3) is 0.273. The second-order valence-electron chi connectivity index (χ2n) is 3.60. The predicted octanol–water partition coefficient (Wildman–Crippen LogP) is 1.41. The van der Waals surface area contributed by atoms with E-state index in [0.717, 1.165) is 0 Å². The molecule has 2 N–H and O–H groups in total. The molecular weight excluding hydrogens is 252 g/mol. The highest BCUT2D eigenvalue weighted by Gasteiger charge is 2.17. The lowest BCUT2D eigenvalue weighted by molar-refractivity contribution is 0.0606. The van der Waals surface area contributed by atoms with Crippen molar-refractivity contribution in [1.29, 1.82) is 0 Å². The monoisotopic (exact) mass is 264 g/mol. The Kier molecular flexibility index (Phi) is 3.63. The highest BCUT2D eigenvalue weighted by Crippen LogP contribution is 2.27. The van der Waals surface area contributed by atoms with Crippen LogP contribution in [0.3, 0.4) is 0 Å². The Balaban J connectivity index is 2.43. The molecule has 2 aromatic heterocycles. The topological polar surface area (TPSA) is 91.0 Å². The maximum absolute atomic E-state index is 11.4. The van der Waals surface area contributed by atoms with E-state index in [-0.39, 0.29) is 6.04 Å². The Bertz CT molecular complexity index is 568. The average Bonchev–Trinajstić information content (AvgIpc) is 2.87. The molecule has 0 spiro atoms. The molecule has 0 unspecified atom stereocenters. The normalized spacial score (nSPS) is 12.2. The number of nitrogens with zero attached hydrogens (tertiary/aromatic N) is 3. The number of hydrogen-bond acceptors (Lipinski definition) is 7. The van der Waals surface area contributed by atoms with Crippen molar-refractivity contribution >= 4 is 17.3 Å². The summed E-state index contributed by atoms with van der Waals surface area (Å²) in [6, 6.07) is -0.251. The molecule has 0 bridgehead atoms. The second-order valence-corrected chi connectivity index (χ2v) is 4.63. The summed E-state index contributed by atoms with van der Waals surface area (Å²) < 4.78 is 4.63. The van der Waals surface area contributed by atoms with Crippen molar-refractivity contribution in [1.82, 2.24) is 15.0 Å². The third kappa shape index (κ3) is 2.36. The van der Waals surface area contributed by atoms with E-state index in [0.29, 0.717) is 21.3 Å². The molecule has 0 radical (unpaired) electrons. The molecule has 0 aliphatic heterocycles. The van der Waals surface area contributed by atoms with Crippen LogP contribution in [0.25, 0.3) is 10.7 Å². The van der Waals surface area contributed by atoms with E-state index < -0.39 is 5.97 Å². The number of carbonyl (C=O) groups excluding carboxylic acids is 1. The Morgan fingerprint density at radius 3 is 2.78 bits per heavy atom. The molecule has 7 heteroatoms. The van der Waals surface area contributed by atoms with E-state index in [4.69, 9.17) is 5.73 Å². The third-order valence-electron chi connectivity index (χ3n) is 2.25. The highest BCUT2D eigenvalue weighted by molar-refractivity contribution is 7.16. The van der Waals surface area contributed by atoms with Gasteiger partial charge in [-0.3, -0.25) is 9.97 Å². The number of rotatable bonds is 3. The smallest absolute Gasteiger partial charge is 0.349 e. The van der Waals surface area contributed by atoms with Crippen LogP contribution >= 0.6 is 11.3 Å². The Hall–Kier alpha value is -1.86. The van der Waals surface area contributed by atoms with Crippen LogP contribution in [0.4, 0.5) is 0 Å². The van der Waals surface area contributed by atoms with Gasteiger partial charge in [0, 0.05) is 18.4 Å². The minimum absolute atomic E-state index is 0.251. The lowest BCUT2D eigenvalue weighted by atomic mass is 10.2. The molecule has 0 saturated heterocycles. The summed E-state index contributed by atoms with van der Waals surface area (Å²) in [5.41, 5.74) is 7.09. The molecule has 18 heavy (non-hydrogen) atoms. The molecule has 0 amide bonds.